The Hall–Kier alpha value is -1.32. The van der Waals surface area contributed by atoms with Gasteiger partial charge in [-0.25, -0.2) is 4.98 Å². The van der Waals surface area contributed by atoms with Gasteiger partial charge in [0.25, 0.3) is 0 Å². The highest BCUT2D eigenvalue weighted by atomic mass is 15.1. The van der Waals surface area contributed by atoms with Gasteiger partial charge in [0.05, 0.1) is 0 Å². The lowest BCUT2D eigenvalue weighted by molar-refractivity contribution is 0.520. The number of anilines is 2. The van der Waals surface area contributed by atoms with E-state index in [0.717, 1.165) is 24.7 Å². The Labute approximate surface area is 117 Å². The zero-order valence-electron chi connectivity index (χ0n) is 12.7. The Bertz CT molecular complexity index is 352. The smallest absolute Gasteiger partial charge is 0.224 e. The van der Waals surface area contributed by atoms with Gasteiger partial charge in [-0.3, -0.25) is 0 Å². The van der Waals surface area contributed by atoms with E-state index in [1.807, 2.05) is 6.07 Å². The molecule has 0 amide bonds. The highest BCUT2D eigenvalue weighted by Gasteiger charge is 2.05. The summed E-state index contributed by atoms with van der Waals surface area (Å²) in [6.07, 6.45) is 6.61. The molecule has 0 radical (unpaired) electrons. The SMILES string of the molecule is CCCNc1nccc(NC(C)CCCC(C)C)n1. The van der Waals surface area contributed by atoms with Gasteiger partial charge in [0.1, 0.15) is 5.82 Å². The predicted molar refractivity (Wildman–Crippen MR) is 82.6 cm³/mol. The molecule has 0 bridgehead atoms. The van der Waals surface area contributed by atoms with Gasteiger partial charge in [-0.1, -0.05) is 33.6 Å². The number of nitrogens with zero attached hydrogens (tertiary/aromatic N) is 2. The molecule has 1 aromatic heterocycles. The number of aromatic nitrogens is 2. The van der Waals surface area contributed by atoms with Crippen LogP contribution in [0.2, 0.25) is 0 Å². The predicted octanol–water partition coefficient (Wildman–Crippen LogP) is 3.93. The van der Waals surface area contributed by atoms with Gasteiger partial charge in [0.15, 0.2) is 0 Å². The van der Waals surface area contributed by atoms with Gasteiger partial charge in [-0.15, -0.1) is 0 Å². The van der Waals surface area contributed by atoms with Crippen LogP contribution in [0.15, 0.2) is 12.3 Å². The average Bonchev–Trinajstić information content (AvgIpc) is 2.36. The van der Waals surface area contributed by atoms with Crippen molar-refractivity contribution < 1.29 is 0 Å². The van der Waals surface area contributed by atoms with Crippen molar-refractivity contribution in [2.24, 2.45) is 5.92 Å². The van der Waals surface area contributed by atoms with E-state index in [1.165, 1.54) is 19.3 Å². The van der Waals surface area contributed by atoms with Crippen LogP contribution in [0, 0.1) is 5.92 Å². The van der Waals surface area contributed by atoms with Crippen molar-refractivity contribution in [3.63, 3.8) is 0 Å². The molecule has 0 aliphatic heterocycles. The molecule has 0 saturated carbocycles. The van der Waals surface area contributed by atoms with E-state index in [9.17, 15) is 0 Å². The molecule has 19 heavy (non-hydrogen) atoms. The minimum Gasteiger partial charge on any atom is -0.367 e. The molecular weight excluding hydrogens is 236 g/mol. The normalized spacial score (nSPS) is 12.5. The Morgan fingerprint density at radius 1 is 1.21 bits per heavy atom. The van der Waals surface area contributed by atoms with Crippen LogP contribution in [-0.4, -0.2) is 22.6 Å². The number of hydrogen-bond donors (Lipinski definition) is 2. The Kier molecular flexibility index (Phi) is 7.23. The zero-order chi connectivity index (χ0) is 14.1. The van der Waals surface area contributed by atoms with Crippen molar-refractivity contribution in [2.75, 3.05) is 17.2 Å². The second kappa shape index (κ2) is 8.73. The molecule has 0 fully saturated rings. The largest absolute Gasteiger partial charge is 0.367 e. The molecule has 108 valence electrons. The standard InChI is InChI=1S/C15H28N4/c1-5-10-16-15-17-11-9-14(19-15)18-13(4)8-6-7-12(2)3/h9,11-13H,5-8,10H2,1-4H3,(H2,16,17,18,19). The van der Waals surface area contributed by atoms with Crippen LogP contribution in [0.25, 0.3) is 0 Å². The molecule has 1 heterocycles. The van der Waals surface area contributed by atoms with E-state index < -0.39 is 0 Å². The third-order valence-electron chi connectivity index (χ3n) is 3.00. The summed E-state index contributed by atoms with van der Waals surface area (Å²) >= 11 is 0. The van der Waals surface area contributed by atoms with E-state index in [0.29, 0.717) is 12.0 Å². The number of nitrogens with one attached hydrogen (secondary N) is 2. The first kappa shape index (κ1) is 15.7. The summed E-state index contributed by atoms with van der Waals surface area (Å²) in [4.78, 5) is 8.67. The summed E-state index contributed by atoms with van der Waals surface area (Å²) in [6.45, 7) is 9.79. The molecule has 2 N–H and O–H groups in total. The minimum atomic E-state index is 0.452. The van der Waals surface area contributed by atoms with Gasteiger partial charge in [0, 0.05) is 18.8 Å². The van der Waals surface area contributed by atoms with Crippen molar-refractivity contribution in [3.05, 3.63) is 12.3 Å². The second-order valence-electron chi connectivity index (χ2n) is 5.56. The van der Waals surface area contributed by atoms with Crippen LogP contribution in [0.3, 0.4) is 0 Å². The summed E-state index contributed by atoms with van der Waals surface area (Å²) in [5.74, 6) is 2.41. The van der Waals surface area contributed by atoms with Gasteiger partial charge < -0.3 is 10.6 Å². The van der Waals surface area contributed by atoms with E-state index in [-0.39, 0.29) is 0 Å². The maximum absolute atomic E-state index is 4.46. The lowest BCUT2D eigenvalue weighted by Gasteiger charge is -2.15. The third kappa shape index (κ3) is 6.99. The average molecular weight is 264 g/mol. The molecule has 1 aromatic rings. The first-order chi connectivity index (χ1) is 9.11. The third-order valence-corrected chi connectivity index (χ3v) is 3.00. The maximum Gasteiger partial charge on any atom is 0.224 e. The lowest BCUT2D eigenvalue weighted by Crippen LogP contribution is -2.17. The molecule has 0 saturated heterocycles. The fourth-order valence-electron chi connectivity index (χ4n) is 1.92. The second-order valence-corrected chi connectivity index (χ2v) is 5.56. The first-order valence-electron chi connectivity index (χ1n) is 7.45. The van der Waals surface area contributed by atoms with Crippen molar-refractivity contribution in [3.8, 4) is 0 Å². The van der Waals surface area contributed by atoms with Gasteiger partial charge >= 0.3 is 0 Å². The molecule has 4 heteroatoms. The van der Waals surface area contributed by atoms with Crippen molar-refractivity contribution >= 4 is 11.8 Å². The topological polar surface area (TPSA) is 49.8 Å². The van der Waals surface area contributed by atoms with Gasteiger partial charge in [-0.2, -0.15) is 4.98 Å². The number of rotatable bonds is 9. The molecule has 1 rings (SSSR count). The van der Waals surface area contributed by atoms with Crippen LogP contribution in [0.5, 0.6) is 0 Å². The Morgan fingerprint density at radius 3 is 2.68 bits per heavy atom. The highest BCUT2D eigenvalue weighted by molar-refractivity contribution is 5.40. The van der Waals surface area contributed by atoms with Crippen LogP contribution < -0.4 is 10.6 Å². The molecule has 1 unspecified atom stereocenters. The minimum absolute atomic E-state index is 0.452. The van der Waals surface area contributed by atoms with Crippen LogP contribution >= 0.6 is 0 Å². The van der Waals surface area contributed by atoms with E-state index in [2.05, 4.69) is 48.3 Å². The van der Waals surface area contributed by atoms with Crippen LogP contribution in [-0.2, 0) is 0 Å². The summed E-state index contributed by atoms with van der Waals surface area (Å²) in [7, 11) is 0. The van der Waals surface area contributed by atoms with E-state index in [1.54, 1.807) is 6.20 Å². The summed E-state index contributed by atoms with van der Waals surface area (Å²) in [5.41, 5.74) is 0. The monoisotopic (exact) mass is 264 g/mol. The van der Waals surface area contributed by atoms with Gasteiger partial charge in [-0.05, 0) is 31.7 Å². The molecule has 0 spiro atoms. The summed E-state index contributed by atoms with van der Waals surface area (Å²) < 4.78 is 0. The first-order valence-corrected chi connectivity index (χ1v) is 7.45. The Balaban J connectivity index is 2.38. The molecular formula is C15H28N4. The number of hydrogen-bond acceptors (Lipinski definition) is 4. The summed E-state index contributed by atoms with van der Waals surface area (Å²) in [5, 5.41) is 6.65. The van der Waals surface area contributed by atoms with Crippen LogP contribution in [0.4, 0.5) is 11.8 Å². The molecule has 1 atom stereocenters. The Morgan fingerprint density at radius 2 is 2.00 bits per heavy atom. The maximum atomic E-state index is 4.46. The zero-order valence-corrected chi connectivity index (χ0v) is 12.7. The van der Waals surface area contributed by atoms with Crippen molar-refractivity contribution in [1.29, 1.82) is 0 Å². The van der Waals surface area contributed by atoms with Gasteiger partial charge in [0.2, 0.25) is 5.95 Å². The molecule has 4 nitrogen and oxygen atoms in total. The van der Waals surface area contributed by atoms with E-state index >= 15 is 0 Å². The molecule has 0 aliphatic carbocycles. The highest BCUT2D eigenvalue weighted by Crippen LogP contribution is 2.12. The quantitative estimate of drug-likeness (QED) is 0.709. The van der Waals surface area contributed by atoms with Crippen molar-refractivity contribution in [2.45, 2.75) is 59.4 Å². The van der Waals surface area contributed by atoms with E-state index in [4.69, 9.17) is 0 Å². The molecule has 0 aromatic carbocycles. The molecule has 0 aliphatic rings. The fourth-order valence-corrected chi connectivity index (χ4v) is 1.92. The summed E-state index contributed by atoms with van der Waals surface area (Å²) in [6, 6.07) is 2.38. The lowest BCUT2D eigenvalue weighted by atomic mass is 10.0. The van der Waals surface area contributed by atoms with Crippen molar-refractivity contribution in [1.82, 2.24) is 9.97 Å². The van der Waals surface area contributed by atoms with Crippen LogP contribution in [0.1, 0.15) is 53.4 Å². The fraction of sp³-hybridized carbons (Fsp3) is 0.733.